The number of nitrogens with zero attached hydrogens (tertiary/aromatic N) is 2. The lowest BCUT2D eigenvalue weighted by atomic mass is 9.96. The fourth-order valence-electron chi connectivity index (χ4n) is 4.27. The van der Waals surface area contributed by atoms with Gasteiger partial charge in [-0.3, -0.25) is 4.79 Å². The number of ether oxygens (including phenoxy) is 1. The second-order valence-electron chi connectivity index (χ2n) is 8.66. The summed E-state index contributed by atoms with van der Waals surface area (Å²) in [7, 11) is 0. The van der Waals surface area contributed by atoms with Crippen LogP contribution in [0.3, 0.4) is 0 Å². The number of thioether (sulfide) groups is 1. The molecule has 1 amide bonds. The molecule has 0 radical (unpaired) electrons. The van der Waals surface area contributed by atoms with Crippen LogP contribution in [0.15, 0.2) is 41.4 Å². The van der Waals surface area contributed by atoms with E-state index in [2.05, 4.69) is 16.4 Å². The molecule has 2 heterocycles. The van der Waals surface area contributed by atoms with Crippen molar-refractivity contribution in [3.8, 4) is 17.3 Å². The first kappa shape index (κ1) is 27.2. The largest absolute Gasteiger partial charge is 0.462 e. The highest BCUT2D eigenvalue weighted by molar-refractivity contribution is 7.99. The number of benzene rings is 1. The molecule has 1 N–H and O–H groups in total. The fourth-order valence-corrected chi connectivity index (χ4v) is 6.61. The van der Waals surface area contributed by atoms with E-state index in [1.807, 2.05) is 12.1 Å². The van der Waals surface area contributed by atoms with Crippen molar-refractivity contribution in [1.82, 2.24) is 4.98 Å². The number of fused-ring (bicyclic) bond motifs is 1. The number of thiophene rings is 1. The summed E-state index contributed by atoms with van der Waals surface area (Å²) in [6.45, 7) is 2.08. The molecule has 0 unspecified atom stereocenters. The number of esters is 1. The van der Waals surface area contributed by atoms with Gasteiger partial charge in [0.1, 0.15) is 16.1 Å². The van der Waals surface area contributed by atoms with Gasteiger partial charge in [-0.2, -0.15) is 5.26 Å². The molecule has 6 nitrogen and oxygen atoms in total. The number of nitrogens with one attached hydrogen (secondary N) is 1. The molecular formula is C28H28ClN3O3S2. The first-order valence-electron chi connectivity index (χ1n) is 12.4. The molecule has 1 aliphatic carbocycles. The van der Waals surface area contributed by atoms with Gasteiger partial charge in [0.15, 0.2) is 0 Å². The summed E-state index contributed by atoms with van der Waals surface area (Å²) in [5.74, 6) is -0.107. The average Bonchev–Trinajstić information content (AvgIpc) is 3.20. The highest BCUT2D eigenvalue weighted by Gasteiger charge is 2.26. The molecule has 0 spiro atoms. The second-order valence-corrected chi connectivity index (χ2v) is 11.3. The lowest BCUT2D eigenvalue weighted by molar-refractivity contribution is -0.115. The number of halogens is 1. The number of aryl methyl sites for hydroxylation is 1. The molecule has 0 aliphatic heterocycles. The van der Waals surface area contributed by atoms with Crippen molar-refractivity contribution in [2.75, 3.05) is 17.7 Å². The van der Waals surface area contributed by atoms with Crippen molar-refractivity contribution in [2.45, 2.75) is 56.9 Å². The predicted octanol–water partition coefficient (Wildman–Crippen LogP) is 7.29. The number of hydrogen-bond donors (Lipinski definition) is 1. The number of amides is 1. The summed E-state index contributed by atoms with van der Waals surface area (Å²) < 4.78 is 5.33. The molecule has 1 aromatic carbocycles. The lowest BCUT2D eigenvalue weighted by Gasteiger charge is -2.11. The summed E-state index contributed by atoms with van der Waals surface area (Å²) in [5.41, 5.74) is 3.65. The van der Waals surface area contributed by atoms with Gasteiger partial charge in [-0.05, 0) is 62.4 Å². The van der Waals surface area contributed by atoms with Crippen LogP contribution in [0.25, 0.3) is 11.3 Å². The molecule has 0 fully saturated rings. The van der Waals surface area contributed by atoms with Gasteiger partial charge in [0, 0.05) is 27.6 Å². The quantitative estimate of drug-likeness (QED) is 0.232. The van der Waals surface area contributed by atoms with E-state index in [0.717, 1.165) is 48.9 Å². The van der Waals surface area contributed by atoms with E-state index >= 15 is 0 Å². The average molecular weight is 554 g/mol. The van der Waals surface area contributed by atoms with Gasteiger partial charge in [0.2, 0.25) is 5.91 Å². The number of anilines is 1. The van der Waals surface area contributed by atoms with Gasteiger partial charge in [-0.15, -0.1) is 23.1 Å². The predicted molar refractivity (Wildman–Crippen MR) is 150 cm³/mol. The smallest absolute Gasteiger partial charge is 0.341 e. The molecule has 0 saturated carbocycles. The Kier molecular flexibility index (Phi) is 9.62. The van der Waals surface area contributed by atoms with Crippen LogP contribution in [0.4, 0.5) is 5.00 Å². The number of carbonyl (C=O) groups excluding carboxylic acids is 2. The number of nitriles is 1. The lowest BCUT2D eigenvalue weighted by Crippen LogP contribution is -2.15. The zero-order valence-electron chi connectivity index (χ0n) is 20.6. The normalized spacial score (nSPS) is 13.1. The number of rotatable bonds is 8. The van der Waals surface area contributed by atoms with Crippen LogP contribution in [0.2, 0.25) is 5.02 Å². The minimum Gasteiger partial charge on any atom is -0.462 e. The van der Waals surface area contributed by atoms with Crippen LogP contribution in [0.1, 0.15) is 65.4 Å². The first-order chi connectivity index (χ1) is 18.0. The standard InChI is InChI=1S/C28H28ClN3O3S2/c1-2-35-28(34)25-21-7-5-3-4-6-8-23(21)37-27(25)32-24(33)15-16-36-26-19(17-30)11-14-22(31-26)18-9-12-20(29)13-10-18/h9-14H,2-8,15-16H2,1H3,(H,32,33). The number of hydrogen-bond acceptors (Lipinski definition) is 7. The molecule has 0 atom stereocenters. The van der Waals surface area contributed by atoms with Gasteiger partial charge in [-0.1, -0.05) is 36.6 Å². The van der Waals surface area contributed by atoms with Gasteiger partial charge < -0.3 is 10.1 Å². The van der Waals surface area contributed by atoms with Crippen LogP contribution in [0, 0.1) is 11.3 Å². The summed E-state index contributed by atoms with van der Waals surface area (Å²) >= 11 is 8.85. The number of carbonyl (C=O) groups is 2. The van der Waals surface area contributed by atoms with Gasteiger partial charge in [-0.25, -0.2) is 9.78 Å². The van der Waals surface area contributed by atoms with E-state index in [0.29, 0.717) is 31.9 Å². The van der Waals surface area contributed by atoms with Crippen molar-refractivity contribution in [2.24, 2.45) is 0 Å². The maximum Gasteiger partial charge on any atom is 0.341 e. The summed E-state index contributed by atoms with van der Waals surface area (Å²) in [6.07, 6.45) is 6.42. The number of aromatic nitrogens is 1. The third-order valence-corrected chi connectivity index (χ3v) is 8.54. The first-order valence-corrected chi connectivity index (χ1v) is 14.6. The maximum absolute atomic E-state index is 12.9. The van der Waals surface area contributed by atoms with Gasteiger partial charge >= 0.3 is 5.97 Å². The van der Waals surface area contributed by atoms with Crippen molar-refractivity contribution in [1.29, 1.82) is 5.26 Å². The Morgan fingerprint density at radius 2 is 1.89 bits per heavy atom. The van der Waals surface area contributed by atoms with Gasteiger partial charge in [0.05, 0.1) is 23.4 Å². The zero-order chi connectivity index (χ0) is 26.2. The Balaban J connectivity index is 1.45. The van der Waals surface area contributed by atoms with Crippen molar-refractivity contribution >= 4 is 51.6 Å². The monoisotopic (exact) mass is 553 g/mol. The van der Waals surface area contributed by atoms with Crippen molar-refractivity contribution < 1.29 is 14.3 Å². The summed E-state index contributed by atoms with van der Waals surface area (Å²) in [5, 5.41) is 14.3. The van der Waals surface area contributed by atoms with E-state index < -0.39 is 0 Å². The molecule has 2 aromatic heterocycles. The Morgan fingerprint density at radius 1 is 1.14 bits per heavy atom. The molecule has 0 bridgehead atoms. The zero-order valence-corrected chi connectivity index (χ0v) is 23.0. The summed E-state index contributed by atoms with van der Waals surface area (Å²) in [4.78, 5) is 31.5. The maximum atomic E-state index is 12.9. The Bertz CT molecular complexity index is 1320. The molecule has 1 aliphatic rings. The van der Waals surface area contributed by atoms with Crippen LogP contribution in [-0.4, -0.2) is 29.2 Å². The molecular weight excluding hydrogens is 526 g/mol. The van der Waals surface area contributed by atoms with E-state index in [1.54, 1.807) is 31.2 Å². The van der Waals surface area contributed by atoms with Gasteiger partial charge in [0.25, 0.3) is 0 Å². The minimum atomic E-state index is -0.368. The topological polar surface area (TPSA) is 92.1 Å². The molecule has 9 heteroatoms. The highest BCUT2D eigenvalue weighted by atomic mass is 35.5. The Hall–Kier alpha value is -2.86. The van der Waals surface area contributed by atoms with E-state index in [-0.39, 0.29) is 24.9 Å². The molecule has 3 aromatic rings. The van der Waals surface area contributed by atoms with E-state index in [4.69, 9.17) is 16.3 Å². The second kappa shape index (κ2) is 13.1. The van der Waals surface area contributed by atoms with Crippen LogP contribution in [-0.2, 0) is 22.4 Å². The fraction of sp³-hybridized carbons (Fsp3) is 0.357. The molecule has 192 valence electrons. The van der Waals surface area contributed by atoms with E-state index in [9.17, 15) is 14.9 Å². The Labute approximate surface area is 230 Å². The van der Waals surface area contributed by atoms with Crippen LogP contribution < -0.4 is 5.32 Å². The molecule has 37 heavy (non-hydrogen) atoms. The molecule has 0 saturated heterocycles. The third-order valence-electron chi connectivity index (χ3n) is 6.09. The molecule has 4 rings (SSSR count). The van der Waals surface area contributed by atoms with Crippen molar-refractivity contribution in [3.05, 3.63) is 63.0 Å². The SMILES string of the molecule is CCOC(=O)c1c(NC(=O)CCSc2nc(-c3ccc(Cl)cc3)ccc2C#N)sc2c1CCCCCC2. The minimum absolute atomic E-state index is 0.181. The van der Waals surface area contributed by atoms with Crippen LogP contribution >= 0.6 is 34.7 Å². The Morgan fingerprint density at radius 3 is 2.62 bits per heavy atom. The summed E-state index contributed by atoms with van der Waals surface area (Å²) in [6, 6.07) is 13.1. The third kappa shape index (κ3) is 6.92. The van der Waals surface area contributed by atoms with E-state index in [1.165, 1.54) is 34.4 Å². The highest BCUT2D eigenvalue weighted by Crippen LogP contribution is 2.38. The van der Waals surface area contributed by atoms with Crippen molar-refractivity contribution in [3.63, 3.8) is 0 Å². The number of pyridine rings is 1. The van der Waals surface area contributed by atoms with Crippen LogP contribution in [0.5, 0.6) is 0 Å².